The summed E-state index contributed by atoms with van der Waals surface area (Å²) in [5, 5.41) is 12.9. The molecule has 0 saturated carbocycles. The second-order valence-electron chi connectivity index (χ2n) is 4.21. The highest BCUT2D eigenvalue weighted by Gasteiger charge is 2.17. The summed E-state index contributed by atoms with van der Waals surface area (Å²) in [5.41, 5.74) is -0.625. The molecule has 2 rings (SSSR count). The molecule has 0 fully saturated rings. The van der Waals surface area contributed by atoms with Crippen molar-refractivity contribution in [3.8, 4) is 0 Å². The summed E-state index contributed by atoms with van der Waals surface area (Å²) in [5.74, 6) is -2.56. The molecule has 0 aliphatic rings. The van der Waals surface area contributed by atoms with Crippen molar-refractivity contribution in [3.63, 3.8) is 0 Å². The molecule has 21 heavy (non-hydrogen) atoms. The molecule has 0 radical (unpaired) electrons. The molecule has 0 bridgehead atoms. The normalized spacial score (nSPS) is 10.2. The van der Waals surface area contributed by atoms with Crippen molar-refractivity contribution in [1.82, 2.24) is 0 Å². The van der Waals surface area contributed by atoms with Gasteiger partial charge < -0.3 is 5.32 Å². The molecule has 0 spiro atoms. The lowest BCUT2D eigenvalue weighted by molar-refractivity contribution is -0.385. The first-order valence-electron chi connectivity index (χ1n) is 5.95. The average molecular weight is 292 g/mol. The Kier molecular flexibility index (Phi) is 4.22. The molecule has 2 aromatic rings. The zero-order valence-electron chi connectivity index (χ0n) is 10.7. The number of para-hydroxylation sites is 2. The van der Waals surface area contributed by atoms with Gasteiger partial charge in [-0.1, -0.05) is 24.3 Å². The van der Waals surface area contributed by atoms with E-state index in [0.29, 0.717) is 0 Å². The quantitative estimate of drug-likeness (QED) is 0.695. The number of hydrogen-bond donors (Lipinski definition) is 1. The van der Waals surface area contributed by atoms with Gasteiger partial charge in [0.15, 0.2) is 0 Å². The summed E-state index contributed by atoms with van der Waals surface area (Å²) >= 11 is 0. The van der Waals surface area contributed by atoms with Gasteiger partial charge in [0.05, 0.1) is 11.3 Å². The lowest BCUT2D eigenvalue weighted by Crippen LogP contribution is -2.17. The second kappa shape index (κ2) is 6.08. The summed E-state index contributed by atoms with van der Waals surface area (Å²) in [7, 11) is 0. The highest BCUT2D eigenvalue weighted by atomic mass is 19.1. The molecule has 2 aromatic carbocycles. The summed E-state index contributed by atoms with van der Waals surface area (Å²) in [6, 6.07) is 8.85. The van der Waals surface area contributed by atoms with Crippen LogP contribution in [0.3, 0.4) is 0 Å². The standard InChI is InChI=1S/C14H10F2N2O3/c15-10-5-3-6-11(16)14(10)17-13(19)8-9-4-1-2-7-12(9)18(20)21/h1-7H,8H2,(H,17,19). The van der Waals surface area contributed by atoms with Crippen LogP contribution in [-0.2, 0) is 11.2 Å². The maximum atomic E-state index is 13.4. The third kappa shape index (κ3) is 3.38. The van der Waals surface area contributed by atoms with Crippen LogP contribution in [0.15, 0.2) is 42.5 Å². The van der Waals surface area contributed by atoms with Crippen molar-refractivity contribution in [2.45, 2.75) is 6.42 Å². The molecule has 0 heterocycles. The molecule has 5 nitrogen and oxygen atoms in total. The number of carbonyl (C=O) groups is 1. The van der Waals surface area contributed by atoms with E-state index in [2.05, 4.69) is 5.32 Å². The molecule has 1 N–H and O–H groups in total. The fourth-order valence-electron chi connectivity index (χ4n) is 1.81. The number of nitro groups is 1. The molecular formula is C14H10F2N2O3. The first kappa shape index (κ1) is 14.6. The van der Waals surface area contributed by atoms with Crippen LogP contribution in [0.4, 0.5) is 20.2 Å². The van der Waals surface area contributed by atoms with Gasteiger partial charge in [-0.2, -0.15) is 0 Å². The van der Waals surface area contributed by atoms with E-state index < -0.39 is 28.2 Å². The minimum Gasteiger partial charge on any atom is -0.321 e. The number of hydrogen-bond acceptors (Lipinski definition) is 3. The summed E-state index contributed by atoms with van der Waals surface area (Å²) < 4.78 is 26.8. The zero-order chi connectivity index (χ0) is 15.4. The predicted molar refractivity (Wildman–Crippen MR) is 71.8 cm³/mol. The SMILES string of the molecule is O=C(Cc1ccccc1[N+](=O)[O-])Nc1c(F)cccc1F. The Balaban J connectivity index is 2.18. The van der Waals surface area contributed by atoms with E-state index in [1.807, 2.05) is 0 Å². The molecule has 7 heteroatoms. The lowest BCUT2D eigenvalue weighted by atomic mass is 10.1. The highest BCUT2D eigenvalue weighted by molar-refractivity contribution is 5.93. The van der Waals surface area contributed by atoms with Crippen LogP contribution >= 0.6 is 0 Å². The Hall–Kier alpha value is -2.83. The number of benzene rings is 2. The number of nitrogens with zero attached hydrogens (tertiary/aromatic N) is 1. The highest BCUT2D eigenvalue weighted by Crippen LogP contribution is 2.21. The van der Waals surface area contributed by atoms with Crippen LogP contribution in [-0.4, -0.2) is 10.8 Å². The Morgan fingerprint density at radius 1 is 1.10 bits per heavy atom. The van der Waals surface area contributed by atoms with E-state index in [-0.39, 0.29) is 17.7 Å². The van der Waals surface area contributed by atoms with Gasteiger partial charge in [-0.25, -0.2) is 8.78 Å². The van der Waals surface area contributed by atoms with Gasteiger partial charge in [0.2, 0.25) is 5.91 Å². The Morgan fingerprint density at radius 3 is 2.33 bits per heavy atom. The van der Waals surface area contributed by atoms with E-state index in [1.54, 1.807) is 6.07 Å². The van der Waals surface area contributed by atoms with Crippen LogP contribution in [0.2, 0.25) is 0 Å². The van der Waals surface area contributed by atoms with Crippen LogP contribution < -0.4 is 5.32 Å². The van der Waals surface area contributed by atoms with E-state index in [9.17, 15) is 23.7 Å². The van der Waals surface area contributed by atoms with Crippen LogP contribution in [0.5, 0.6) is 0 Å². The number of amides is 1. The molecule has 108 valence electrons. The smallest absolute Gasteiger partial charge is 0.273 e. The Labute approximate surface area is 118 Å². The Morgan fingerprint density at radius 2 is 1.71 bits per heavy atom. The first-order chi connectivity index (χ1) is 9.99. The average Bonchev–Trinajstić information content (AvgIpc) is 2.43. The Bertz CT molecular complexity index is 684. The molecular weight excluding hydrogens is 282 g/mol. The third-order valence-corrected chi connectivity index (χ3v) is 2.77. The van der Waals surface area contributed by atoms with Crippen LogP contribution in [0.1, 0.15) is 5.56 Å². The molecule has 0 atom stereocenters. The largest absolute Gasteiger partial charge is 0.321 e. The van der Waals surface area contributed by atoms with Gasteiger partial charge in [0.1, 0.15) is 17.3 Å². The number of nitro benzene ring substituents is 1. The molecule has 0 aromatic heterocycles. The number of anilines is 1. The van der Waals surface area contributed by atoms with Crippen molar-refractivity contribution in [2.24, 2.45) is 0 Å². The van der Waals surface area contributed by atoms with Gasteiger partial charge in [-0.15, -0.1) is 0 Å². The monoisotopic (exact) mass is 292 g/mol. The minimum absolute atomic E-state index is 0.164. The maximum absolute atomic E-state index is 13.4. The number of rotatable bonds is 4. The molecule has 0 aliphatic heterocycles. The van der Waals surface area contributed by atoms with Gasteiger partial charge in [-0.05, 0) is 12.1 Å². The zero-order valence-corrected chi connectivity index (χ0v) is 10.7. The number of carbonyl (C=O) groups excluding carboxylic acids is 1. The molecule has 0 saturated heterocycles. The van der Waals surface area contributed by atoms with Crippen molar-refractivity contribution >= 4 is 17.3 Å². The summed E-state index contributed by atoms with van der Waals surface area (Å²) in [6.45, 7) is 0. The fraction of sp³-hybridized carbons (Fsp3) is 0.0714. The molecule has 0 unspecified atom stereocenters. The van der Waals surface area contributed by atoms with Crippen molar-refractivity contribution in [1.29, 1.82) is 0 Å². The van der Waals surface area contributed by atoms with E-state index >= 15 is 0 Å². The van der Waals surface area contributed by atoms with Crippen molar-refractivity contribution in [3.05, 3.63) is 69.8 Å². The third-order valence-electron chi connectivity index (χ3n) is 2.77. The van der Waals surface area contributed by atoms with Gasteiger partial charge in [0.25, 0.3) is 5.69 Å². The molecule has 1 amide bonds. The van der Waals surface area contributed by atoms with Crippen molar-refractivity contribution in [2.75, 3.05) is 5.32 Å². The van der Waals surface area contributed by atoms with E-state index in [1.165, 1.54) is 24.3 Å². The van der Waals surface area contributed by atoms with E-state index in [4.69, 9.17) is 0 Å². The summed E-state index contributed by atoms with van der Waals surface area (Å²) in [6.07, 6.45) is -0.356. The van der Waals surface area contributed by atoms with Gasteiger partial charge in [-0.3, -0.25) is 14.9 Å². The predicted octanol–water partition coefficient (Wildman–Crippen LogP) is 3.05. The van der Waals surface area contributed by atoms with Gasteiger partial charge >= 0.3 is 0 Å². The topological polar surface area (TPSA) is 72.2 Å². The lowest BCUT2D eigenvalue weighted by Gasteiger charge is -2.07. The van der Waals surface area contributed by atoms with Crippen LogP contribution in [0.25, 0.3) is 0 Å². The van der Waals surface area contributed by atoms with E-state index in [0.717, 1.165) is 12.1 Å². The fourth-order valence-corrected chi connectivity index (χ4v) is 1.81. The van der Waals surface area contributed by atoms with Gasteiger partial charge in [0, 0.05) is 11.6 Å². The minimum atomic E-state index is -0.911. The van der Waals surface area contributed by atoms with Crippen molar-refractivity contribution < 1.29 is 18.5 Å². The summed E-state index contributed by atoms with van der Waals surface area (Å²) in [4.78, 5) is 22.0. The number of nitrogens with one attached hydrogen (secondary N) is 1. The number of halogens is 2. The maximum Gasteiger partial charge on any atom is 0.273 e. The molecule has 0 aliphatic carbocycles. The second-order valence-corrected chi connectivity index (χ2v) is 4.21. The first-order valence-corrected chi connectivity index (χ1v) is 5.95. The van der Waals surface area contributed by atoms with Crippen LogP contribution in [0, 0.1) is 21.7 Å².